The SMILES string of the molecule is Nc1cc(S(=O)(=O)O)cc2cc(S(=O)(=O)O)cc(O)c12.Nc1ccc(S(=O)(=O)O)c2cc(S(=O)(=O)O)cc(O)c12. The smallest absolute Gasteiger partial charge is 0.295 e. The number of nitrogen functional groups attached to an aromatic ring is 2. The molecule has 0 aliphatic heterocycles. The summed E-state index contributed by atoms with van der Waals surface area (Å²) in [6.45, 7) is 0. The van der Waals surface area contributed by atoms with Gasteiger partial charge < -0.3 is 21.7 Å². The third-order valence-corrected chi connectivity index (χ3v) is 8.64. The molecule has 4 aromatic rings. The van der Waals surface area contributed by atoms with Crippen LogP contribution in [0.5, 0.6) is 11.5 Å². The number of anilines is 2. The molecule has 20 heteroatoms. The normalized spacial score (nSPS) is 12.7. The van der Waals surface area contributed by atoms with Crippen LogP contribution in [0.4, 0.5) is 11.4 Å². The molecule has 0 saturated heterocycles. The van der Waals surface area contributed by atoms with Crippen LogP contribution in [0.3, 0.4) is 0 Å². The number of phenolic OH excluding ortho intramolecular Hbond substituents is 2. The maximum Gasteiger partial charge on any atom is 0.295 e. The first kappa shape index (κ1) is 30.8. The van der Waals surface area contributed by atoms with Crippen molar-refractivity contribution < 1.29 is 62.1 Å². The molecule has 10 N–H and O–H groups in total. The number of hydrogen-bond donors (Lipinski definition) is 8. The molecule has 4 rings (SSSR count). The fourth-order valence-electron chi connectivity index (χ4n) is 3.58. The van der Waals surface area contributed by atoms with E-state index >= 15 is 0 Å². The Morgan fingerprint density at radius 1 is 0.500 bits per heavy atom. The number of benzene rings is 4. The molecule has 0 radical (unpaired) electrons. The van der Waals surface area contributed by atoms with E-state index in [4.69, 9.17) is 29.7 Å². The number of aromatic hydroxyl groups is 2. The van der Waals surface area contributed by atoms with E-state index in [-0.39, 0.29) is 32.9 Å². The Bertz CT molecular complexity index is 2070. The number of nitrogens with two attached hydrogens (primary N) is 2. The zero-order valence-electron chi connectivity index (χ0n) is 19.4. The highest BCUT2D eigenvalue weighted by atomic mass is 32.2. The highest BCUT2D eigenvalue weighted by molar-refractivity contribution is 7.86. The Hall–Kier alpha value is -3.76. The molecular weight excluding hydrogens is 620 g/mol. The zero-order valence-corrected chi connectivity index (χ0v) is 22.6. The second kappa shape index (κ2) is 10.0. The van der Waals surface area contributed by atoms with Crippen LogP contribution in [0.2, 0.25) is 0 Å². The summed E-state index contributed by atoms with van der Waals surface area (Å²) >= 11 is 0. The van der Waals surface area contributed by atoms with E-state index in [0.29, 0.717) is 0 Å². The Morgan fingerprint density at radius 3 is 1.38 bits per heavy atom. The summed E-state index contributed by atoms with van der Waals surface area (Å²) in [7, 11) is -18.5. The monoisotopic (exact) mass is 638 g/mol. The van der Waals surface area contributed by atoms with Crippen molar-refractivity contribution in [1.82, 2.24) is 0 Å². The van der Waals surface area contributed by atoms with Crippen LogP contribution in [0.25, 0.3) is 21.5 Å². The summed E-state index contributed by atoms with van der Waals surface area (Å²) in [6, 6.07) is 7.17. The van der Waals surface area contributed by atoms with Crippen molar-refractivity contribution in [2.75, 3.05) is 11.5 Å². The minimum absolute atomic E-state index is 0.00444. The Labute approximate surface area is 226 Å². The quantitative estimate of drug-likeness (QED) is 0.115. The Kier molecular flexibility index (Phi) is 7.70. The number of hydrogen-bond acceptors (Lipinski definition) is 12. The van der Waals surface area contributed by atoms with Gasteiger partial charge in [0.15, 0.2) is 0 Å². The molecule has 0 heterocycles. The molecule has 0 saturated carbocycles. The first-order valence-corrected chi connectivity index (χ1v) is 15.8. The number of rotatable bonds is 4. The maximum atomic E-state index is 11.3. The summed E-state index contributed by atoms with van der Waals surface area (Å²) in [5.41, 5.74) is 11.0. The van der Waals surface area contributed by atoms with Crippen LogP contribution in [-0.4, -0.2) is 62.1 Å². The maximum absolute atomic E-state index is 11.3. The van der Waals surface area contributed by atoms with Crippen molar-refractivity contribution in [1.29, 1.82) is 0 Å². The van der Waals surface area contributed by atoms with Crippen LogP contribution in [0.15, 0.2) is 68.1 Å². The van der Waals surface area contributed by atoms with E-state index in [0.717, 1.165) is 48.5 Å². The van der Waals surface area contributed by atoms with Gasteiger partial charge in [-0.25, -0.2) is 0 Å². The van der Waals surface area contributed by atoms with Crippen molar-refractivity contribution in [2.45, 2.75) is 19.6 Å². The lowest BCUT2D eigenvalue weighted by molar-refractivity contribution is 0.470. The van der Waals surface area contributed by atoms with Crippen molar-refractivity contribution in [3.63, 3.8) is 0 Å². The van der Waals surface area contributed by atoms with Gasteiger partial charge in [-0.05, 0) is 41.8 Å². The van der Waals surface area contributed by atoms with Crippen LogP contribution in [0, 0.1) is 0 Å². The van der Waals surface area contributed by atoms with Crippen LogP contribution < -0.4 is 11.5 Å². The van der Waals surface area contributed by atoms with Crippen molar-refractivity contribution in [2.24, 2.45) is 0 Å². The fraction of sp³-hybridized carbons (Fsp3) is 0. The third-order valence-electron chi connectivity index (χ3n) is 5.24. The van der Waals surface area contributed by atoms with E-state index in [1.54, 1.807) is 0 Å². The number of fused-ring (bicyclic) bond motifs is 2. The molecule has 0 amide bonds. The van der Waals surface area contributed by atoms with Crippen LogP contribution >= 0.6 is 0 Å². The van der Waals surface area contributed by atoms with Gasteiger partial charge >= 0.3 is 0 Å². The van der Waals surface area contributed by atoms with Gasteiger partial charge in [0.1, 0.15) is 16.4 Å². The predicted molar refractivity (Wildman–Crippen MR) is 139 cm³/mol. The van der Waals surface area contributed by atoms with Gasteiger partial charge in [-0.1, -0.05) is 0 Å². The molecule has 0 fully saturated rings. The highest BCUT2D eigenvalue weighted by Gasteiger charge is 2.21. The number of phenols is 2. The van der Waals surface area contributed by atoms with Crippen molar-refractivity contribution in [3.8, 4) is 11.5 Å². The molecule has 16 nitrogen and oxygen atoms in total. The molecule has 216 valence electrons. The first-order chi connectivity index (χ1) is 18.0. The molecule has 0 aromatic heterocycles. The van der Waals surface area contributed by atoms with Gasteiger partial charge in [-0.2, -0.15) is 33.7 Å². The molecule has 0 aliphatic carbocycles. The molecular formula is C20H18N2O14S4. The van der Waals surface area contributed by atoms with E-state index in [1.165, 1.54) is 0 Å². The van der Waals surface area contributed by atoms with E-state index in [1.807, 2.05) is 0 Å². The Morgan fingerprint density at radius 2 is 0.925 bits per heavy atom. The summed E-state index contributed by atoms with van der Waals surface area (Å²) in [5.74, 6) is -1.19. The highest BCUT2D eigenvalue weighted by Crippen LogP contribution is 2.37. The molecule has 4 aromatic carbocycles. The summed E-state index contributed by atoms with van der Waals surface area (Å²) in [5, 5.41) is 19.0. The molecule has 0 spiro atoms. The second-order valence-corrected chi connectivity index (χ2v) is 13.6. The first-order valence-electron chi connectivity index (χ1n) is 10.0. The van der Waals surface area contributed by atoms with Gasteiger partial charge in [0, 0.05) is 39.7 Å². The predicted octanol–water partition coefficient (Wildman–Crippen LogP) is 1.24. The molecule has 0 aliphatic rings. The minimum atomic E-state index is -4.67. The van der Waals surface area contributed by atoms with Gasteiger partial charge in [0.05, 0.1) is 14.7 Å². The van der Waals surface area contributed by atoms with Crippen molar-refractivity contribution in [3.05, 3.63) is 48.5 Å². The van der Waals surface area contributed by atoms with Crippen LogP contribution in [-0.2, 0) is 40.5 Å². The summed E-state index contributed by atoms with van der Waals surface area (Å²) < 4.78 is 125. The van der Waals surface area contributed by atoms with E-state index < -0.39 is 71.6 Å². The van der Waals surface area contributed by atoms with Crippen LogP contribution in [0.1, 0.15) is 0 Å². The Balaban J connectivity index is 0.000000220. The van der Waals surface area contributed by atoms with E-state index in [9.17, 15) is 43.9 Å². The standard InChI is InChI=1S/2C10H9NO7S2/c11-8-3-6(19(13,14)15)1-5-2-7(20(16,17)18)4-9(12)10(5)8;11-7-1-2-9(20(16,17)18)6-3-5(19(13,14)15)4-8(12)10(6)7/h2*1-4,12H,11H2,(H,13,14,15)(H,16,17,18). The van der Waals surface area contributed by atoms with Gasteiger partial charge in [0.2, 0.25) is 0 Å². The van der Waals surface area contributed by atoms with E-state index in [2.05, 4.69) is 0 Å². The average Bonchev–Trinajstić information content (AvgIpc) is 2.76. The van der Waals surface area contributed by atoms with Gasteiger partial charge in [0.25, 0.3) is 40.5 Å². The molecule has 0 unspecified atom stereocenters. The largest absolute Gasteiger partial charge is 0.507 e. The summed E-state index contributed by atoms with van der Waals surface area (Å²) in [6.07, 6.45) is 0. The van der Waals surface area contributed by atoms with Gasteiger partial charge in [-0.15, -0.1) is 0 Å². The molecule has 0 atom stereocenters. The summed E-state index contributed by atoms with van der Waals surface area (Å²) in [4.78, 5) is -2.55. The average molecular weight is 639 g/mol. The minimum Gasteiger partial charge on any atom is -0.507 e. The topological polar surface area (TPSA) is 310 Å². The lowest BCUT2D eigenvalue weighted by Crippen LogP contribution is -2.03. The molecule has 0 bridgehead atoms. The fourth-order valence-corrected chi connectivity index (χ4v) is 5.87. The molecule has 40 heavy (non-hydrogen) atoms. The lowest BCUT2D eigenvalue weighted by atomic mass is 10.1. The van der Waals surface area contributed by atoms with Crippen molar-refractivity contribution >= 4 is 73.4 Å². The zero-order chi connectivity index (χ0) is 30.6. The lowest BCUT2D eigenvalue weighted by Gasteiger charge is -2.10. The second-order valence-electron chi connectivity index (χ2n) is 7.97. The third kappa shape index (κ3) is 6.34. The van der Waals surface area contributed by atoms with Gasteiger partial charge in [-0.3, -0.25) is 18.2 Å².